The molecule has 0 spiro atoms. The van der Waals surface area contributed by atoms with Crippen LogP contribution >= 0.6 is 0 Å². The molecular weight excluding hydrogens is 332 g/mol. The third-order valence-electron chi connectivity index (χ3n) is 3.93. The highest BCUT2D eigenvalue weighted by molar-refractivity contribution is 6.11. The van der Waals surface area contributed by atoms with Crippen molar-refractivity contribution in [2.45, 2.75) is 19.8 Å². The minimum Gasteiger partial charge on any atom is -0.508 e. The van der Waals surface area contributed by atoms with Gasteiger partial charge in [-0.25, -0.2) is 0 Å². The van der Waals surface area contributed by atoms with Gasteiger partial charge in [0.15, 0.2) is 5.78 Å². The molecule has 0 aliphatic carbocycles. The van der Waals surface area contributed by atoms with Crippen LogP contribution in [-0.2, 0) is 6.42 Å². The first-order valence-corrected chi connectivity index (χ1v) is 8.11. The molecule has 0 unspecified atom stereocenters. The van der Waals surface area contributed by atoms with Crippen LogP contribution in [0.5, 0.6) is 23.0 Å². The van der Waals surface area contributed by atoms with Crippen LogP contribution in [0.25, 0.3) is 6.08 Å². The van der Waals surface area contributed by atoms with E-state index in [1.54, 1.807) is 18.2 Å². The SMILES string of the molecule is C=C(C)CCc1c(O)cc(OC)c(C(=O)/C=C/c2ccc(O)cc2)c1O. The molecule has 0 amide bonds. The molecule has 0 radical (unpaired) electrons. The molecule has 0 aliphatic rings. The fourth-order valence-corrected chi connectivity index (χ4v) is 2.50. The average Bonchev–Trinajstić information content (AvgIpc) is 2.60. The van der Waals surface area contributed by atoms with Gasteiger partial charge < -0.3 is 20.1 Å². The van der Waals surface area contributed by atoms with E-state index in [1.807, 2.05) is 6.92 Å². The fourth-order valence-electron chi connectivity index (χ4n) is 2.50. The van der Waals surface area contributed by atoms with Crippen molar-refractivity contribution in [1.82, 2.24) is 0 Å². The minimum absolute atomic E-state index is 0.00274. The van der Waals surface area contributed by atoms with Gasteiger partial charge in [-0.3, -0.25) is 4.79 Å². The molecule has 0 heterocycles. The Morgan fingerprint density at radius 1 is 1.19 bits per heavy atom. The number of hydrogen-bond donors (Lipinski definition) is 3. The molecule has 26 heavy (non-hydrogen) atoms. The Balaban J connectivity index is 2.39. The van der Waals surface area contributed by atoms with Gasteiger partial charge in [0.05, 0.1) is 7.11 Å². The summed E-state index contributed by atoms with van der Waals surface area (Å²) in [6.45, 7) is 5.66. The first-order chi connectivity index (χ1) is 12.3. The smallest absolute Gasteiger partial charge is 0.193 e. The third-order valence-corrected chi connectivity index (χ3v) is 3.93. The lowest BCUT2D eigenvalue weighted by Gasteiger charge is -2.14. The van der Waals surface area contributed by atoms with Gasteiger partial charge in [0, 0.05) is 11.6 Å². The predicted octanol–water partition coefficient (Wildman–Crippen LogP) is 4.22. The quantitative estimate of drug-likeness (QED) is 0.394. The maximum atomic E-state index is 12.6. The van der Waals surface area contributed by atoms with Crippen molar-refractivity contribution in [3.8, 4) is 23.0 Å². The summed E-state index contributed by atoms with van der Waals surface area (Å²) in [7, 11) is 1.36. The van der Waals surface area contributed by atoms with Crippen molar-refractivity contribution in [2.24, 2.45) is 0 Å². The van der Waals surface area contributed by atoms with E-state index in [0.29, 0.717) is 12.8 Å². The molecule has 2 aromatic rings. The molecule has 0 fully saturated rings. The highest BCUT2D eigenvalue weighted by Crippen LogP contribution is 2.39. The topological polar surface area (TPSA) is 87.0 Å². The number of phenolic OH excluding ortho intramolecular Hbond substituents is 3. The van der Waals surface area contributed by atoms with Crippen molar-refractivity contribution in [3.63, 3.8) is 0 Å². The van der Waals surface area contributed by atoms with Gasteiger partial charge in [-0.05, 0) is 43.5 Å². The number of methoxy groups -OCH3 is 1. The van der Waals surface area contributed by atoms with Crippen molar-refractivity contribution in [2.75, 3.05) is 7.11 Å². The average molecular weight is 354 g/mol. The van der Waals surface area contributed by atoms with Gasteiger partial charge in [0.25, 0.3) is 0 Å². The monoisotopic (exact) mass is 354 g/mol. The molecule has 5 heteroatoms. The highest BCUT2D eigenvalue weighted by Gasteiger charge is 2.22. The number of aromatic hydroxyl groups is 3. The summed E-state index contributed by atoms with van der Waals surface area (Å²) in [5.41, 5.74) is 1.91. The number of carbonyl (C=O) groups excluding carboxylic acids is 1. The summed E-state index contributed by atoms with van der Waals surface area (Å²) in [4.78, 5) is 12.6. The number of carbonyl (C=O) groups is 1. The van der Waals surface area contributed by atoms with Crippen molar-refractivity contribution in [1.29, 1.82) is 0 Å². The lowest BCUT2D eigenvalue weighted by molar-refractivity contribution is 0.104. The summed E-state index contributed by atoms with van der Waals surface area (Å²) < 4.78 is 5.15. The molecule has 136 valence electrons. The second-order valence-electron chi connectivity index (χ2n) is 6.05. The van der Waals surface area contributed by atoms with E-state index in [2.05, 4.69) is 6.58 Å². The van der Waals surface area contributed by atoms with Crippen molar-refractivity contribution in [3.05, 3.63) is 65.3 Å². The van der Waals surface area contributed by atoms with Gasteiger partial charge in [0.2, 0.25) is 0 Å². The summed E-state index contributed by atoms with van der Waals surface area (Å²) >= 11 is 0. The number of hydrogen-bond acceptors (Lipinski definition) is 5. The van der Waals surface area contributed by atoms with Gasteiger partial charge in [-0.2, -0.15) is 0 Å². The van der Waals surface area contributed by atoms with E-state index in [0.717, 1.165) is 11.1 Å². The maximum Gasteiger partial charge on any atom is 0.193 e. The molecule has 0 bridgehead atoms. The highest BCUT2D eigenvalue weighted by atomic mass is 16.5. The molecule has 0 aliphatic heterocycles. The van der Waals surface area contributed by atoms with Crippen LogP contribution in [0.1, 0.15) is 34.8 Å². The molecule has 0 atom stereocenters. The zero-order valence-electron chi connectivity index (χ0n) is 14.8. The number of ether oxygens (including phenoxy) is 1. The summed E-state index contributed by atoms with van der Waals surface area (Å²) in [6.07, 6.45) is 3.81. The first kappa shape index (κ1) is 19.1. The zero-order valence-corrected chi connectivity index (χ0v) is 14.8. The van der Waals surface area contributed by atoms with Crippen LogP contribution in [0, 0.1) is 0 Å². The molecule has 0 aromatic heterocycles. The van der Waals surface area contributed by atoms with E-state index in [4.69, 9.17) is 4.74 Å². The van der Waals surface area contributed by atoms with E-state index < -0.39 is 5.78 Å². The number of benzene rings is 2. The lowest BCUT2D eigenvalue weighted by atomic mass is 9.97. The number of rotatable bonds is 7. The van der Waals surface area contributed by atoms with Gasteiger partial charge in [-0.15, -0.1) is 6.58 Å². The molecule has 0 saturated carbocycles. The molecule has 2 aromatic carbocycles. The van der Waals surface area contributed by atoms with Crippen molar-refractivity contribution < 1.29 is 24.9 Å². The van der Waals surface area contributed by atoms with E-state index in [1.165, 1.54) is 31.4 Å². The Hall–Kier alpha value is -3.21. The number of ketones is 1. The van der Waals surface area contributed by atoms with Gasteiger partial charge in [0.1, 0.15) is 28.6 Å². The summed E-state index contributed by atoms with van der Waals surface area (Å²) in [6, 6.07) is 7.67. The largest absolute Gasteiger partial charge is 0.508 e. The second kappa shape index (κ2) is 8.25. The van der Waals surface area contributed by atoms with E-state index in [9.17, 15) is 20.1 Å². The second-order valence-corrected chi connectivity index (χ2v) is 6.05. The molecule has 5 nitrogen and oxygen atoms in total. The Morgan fingerprint density at radius 2 is 1.85 bits per heavy atom. The fraction of sp³-hybridized carbons (Fsp3) is 0.190. The van der Waals surface area contributed by atoms with Crippen LogP contribution in [-0.4, -0.2) is 28.2 Å². The number of phenols is 3. The Labute approximate surface area is 152 Å². The van der Waals surface area contributed by atoms with Crippen LogP contribution in [0.3, 0.4) is 0 Å². The minimum atomic E-state index is -0.455. The van der Waals surface area contributed by atoms with Crippen LogP contribution in [0.4, 0.5) is 0 Å². The molecule has 3 N–H and O–H groups in total. The normalized spacial score (nSPS) is 10.8. The standard InChI is InChI=1S/C21H22O5/c1-13(2)4-10-16-18(24)12-19(26-3)20(21(16)25)17(23)11-7-14-5-8-15(22)9-6-14/h5-9,11-12,22,24-25H,1,4,10H2,2-3H3/b11-7+. The summed E-state index contributed by atoms with van der Waals surface area (Å²) in [5, 5.41) is 30.0. The molecule has 2 rings (SSSR count). The van der Waals surface area contributed by atoms with Crippen molar-refractivity contribution >= 4 is 11.9 Å². The number of allylic oxidation sites excluding steroid dienone is 2. The third kappa shape index (κ3) is 4.45. The maximum absolute atomic E-state index is 12.6. The Kier molecular flexibility index (Phi) is 6.07. The first-order valence-electron chi connectivity index (χ1n) is 8.11. The summed E-state index contributed by atoms with van der Waals surface area (Å²) in [5.74, 6) is -0.639. The van der Waals surface area contributed by atoms with Gasteiger partial charge >= 0.3 is 0 Å². The van der Waals surface area contributed by atoms with Crippen LogP contribution in [0.15, 0.2) is 48.6 Å². The Morgan fingerprint density at radius 3 is 2.42 bits per heavy atom. The zero-order chi connectivity index (χ0) is 19.3. The Bertz CT molecular complexity index is 848. The molecule has 0 saturated heterocycles. The van der Waals surface area contributed by atoms with E-state index in [-0.39, 0.29) is 34.1 Å². The van der Waals surface area contributed by atoms with Crippen LogP contribution < -0.4 is 4.74 Å². The molecular formula is C21H22O5. The lowest BCUT2D eigenvalue weighted by Crippen LogP contribution is -2.03. The van der Waals surface area contributed by atoms with Gasteiger partial charge in [-0.1, -0.05) is 23.8 Å². The van der Waals surface area contributed by atoms with Crippen LogP contribution in [0.2, 0.25) is 0 Å². The van der Waals surface area contributed by atoms with E-state index >= 15 is 0 Å². The predicted molar refractivity (Wildman–Crippen MR) is 101 cm³/mol.